The number of nitrogens with one attached hydrogen (secondary N) is 1. The number of benzene rings is 2. The molecule has 2 aromatic carbocycles. The lowest BCUT2D eigenvalue weighted by molar-refractivity contribution is 0.0952. The molecule has 0 radical (unpaired) electrons. The molecule has 2 aromatic rings. The van der Waals surface area contributed by atoms with Crippen LogP contribution in [-0.2, 0) is 6.54 Å². The van der Waals surface area contributed by atoms with Crippen molar-refractivity contribution in [3.63, 3.8) is 0 Å². The summed E-state index contributed by atoms with van der Waals surface area (Å²) in [4.78, 5) is 14.4. The lowest BCUT2D eigenvalue weighted by Gasteiger charge is -2.16. The summed E-state index contributed by atoms with van der Waals surface area (Å²) in [5.41, 5.74) is 4.42. The van der Waals surface area contributed by atoms with Crippen LogP contribution in [0.25, 0.3) is 0 Å². The average Bonchev–Trinajstić information content (AvgIpc) is 2.55. The summed E-state index contributed by atoms with van der Waals surface area (Å²) in [5.74, 6) is 0.0128. The number of aryl methyl sites for hydroxylation is 2. The van der Waals surface area contributed by atoms with Crippen LogP contribution in [0.3, 0.4) is 0 Å². The highest BCUT2D eigenvalue weighted by molar-refractivity contribution is 5.94. The van der Waals surface area contributed by atoms with E-state index in [4.69, 9.17) is 0 Å². The highest BCUT2D eigenvalue weighted by Crippen LogP contribution is 2.09. The first-order valence-corrected chi connectivity index (χ1v) is 8.14. The predicted octanol–water partition coefficient (Wildman–Crippen LogP) is 3.56. The topological polar surface area (TPSA) is 32.3 Å². The summed E-state index contributed by atoms with van der Waals surface area (Å²) < 4.78 is 0. The molecule has 122 valence electrons. The second-order valence-electron chi connectivity index (χ2n) is 6.13. The normalized spacial score (nSPS) is 10.8. The third kappa shape index (κ3) is 5.53. The SMILES string of the molecule is Cc1ccc(C(=O)NCCCN(C)Cc2ccccc2)cc1C. The fraction of sp³-hybridized carbons (Fsp3) is 0.350. The second kappa shape index (κ2) is 8.49. The molecular formula is C20H26N2O. The Balaban J connectivity index is 1.70. The molecule has 0 aromatic heterocycles. The first-order chi connectivity index (χ1) is 11.1. The number of amides is 1. The minimum Gasteiger partial charge on any atom is -0.352 e. The van der Waals surface area contributed by atoms with Gasteiger partial charge in [0.15, 0.2) is 0 Å². The molecule has 0 aliphatic heterocycles. The number of nitrogens with zero attached hydrogens (tertiary/aromatic N) is 1. The van der Waals surface area contributed by atoms with Gasteiger partial charge < -0.3 is 10.2 Å². The molecule has 3 nitrogen and oxygen atoms in total. The highest BCUT2D eigenvalue weighted by atomic mass is 16.1. The Labute approximate surface area is 139 Å². The van der Waals surface area contributed by atoms with Gasteiger partial charge in [-0.1, -0.05) is 36.4 Å². The Bertz CT molecular complexity index is 637. The van der Waals surface area contributed by atoms with Gasteiger partial charge in [0.25, 0.3) is 5.91 Å². The van der Waals surface area contributed by atoms with Crippen molar-refractivity contribution in [2.24, 2.45) is 0 Å². The van der Waals surface area contributed by atoms with E-state index in [1.54, 1.807) is 0 Å². The van der Waals surface area contributed by atoms with Gasteiger partial charge in [-0.2, -0.15) is 0 Å². The molecule has 0 aliphatic rings. The Morgan fingerprint density at radius 3 is 2.48 bits per heavy atom. The monoisotopic (exact) mass is 310 g/mol. The largest absolute Gasteiger partial charge is 0.352 e. The van der Waals surface area contributed by atoms with E-state index in [-0.39, 0.29) is 5.91 Å². The van der Waals surface area contributed by atoms with Gasteiger partial charge in [0.05, 0.1) is 0 Å². The molecule has 0 saturated carbocycles. The lowest BCUT2D eigenvalue weighted by Crippen LogP contribution is -2.28. The van der Waals surface area contributed by atoms with E-state index >= 15 is 0 Å². The van der Waals surface area contributed by atoms with Gasteiger partial charge in [0.2, 0.25) is 0 Å². The first-order valence-electron chi connectivity index (χ1n) is 8.14. The quantitative estimate of drug-likeness (QED) is 0.793. The van der Waals surface area contributed by atoms with Crippen molar-refractivity contribution in [1.29, 1.82) is 0 Å². The average molecular weight is 310 g/mol. The van der Waals surface area contributed by atoms with Crippen molar-refractivity contribution < 1.29 is 4.79 Å². The van der Waals surface area contributed by atoms with E-state index in [1.807, 2.05) is 31.2 Å². The molecule has 3 heteroatoms. The third-order valence-electron chi connectivity index (χ3n) is 4.07. The maximum Gasteiger partial charge on any atom is 0.251 e. The Kier molecular flexibility index (Phi) is 6.36. The van der Waals surface area contributed by atoms with Gasteiger partial charge in [0, 0.05) is 18.7 Å². The first kappa shape index (κ1) is 17.2. The molecule has 0 aliphatic carbocycles. The van der Waals surface area contributed by atoms with Gasteiger partial charge in [0.1, 0.15) is 0 Å². The van der Waals surface area contributed by atoms with Gasteiger partial charge in [-0.25, -0.2) is 0 Å². The second-order valence-corrected chi connectivity index (χ2v) is 6.13. The van der Waals surface area contributed by atoms with Gasteiger partial charge >= 0.3 is 0 Å². The van der Waals surface area contributed by atoms with Crippen molar-refractivity contribution >= 4 is 5.91 Å². The van der Waals surface area contributed by atoms with Crippen LogP contribution in [0.15, 0.2) is 48.5 Å². The molecule has 0 heterocycles. The maximum atomic E-state index is 12.1. The summed E-state index contributed by atoms with van der Waals surface area (Å²) in [6.45, 7) is 6.68. The molecule has 2 rings (SSSR count). The van der Waals surface area contributed by atoms with Crippen molar-refractivity contribution in [1.82, 2.24) is 10.2 Å². The molecule has 0 fully saturated rings. The fourth-order valence-corrected chi connectivity index (χ4v) is 2.51. The number of hydrogen-bond acceptors (Lipinski definition) is 2. The van der Waals surface area contributed by atoms with Gasteiger partial charge in [-0.3, -0.25) is 4.79 Å². The van der Waals surface area contributed by atoms with Crippen molar-refractivity contribution in [3.05, 3.63) is 70.8 Å². The van der Waals surface area contributed by atoms with Gasteiger partial charge in [-0.15, -0.1) is 0 Å². The molecule has 1 amide bonds. The number of carbonyl (C=O) groups excluding carboxylic acids is 1. The zero-order valence-corrected chi connectivity index (χ0v) is 14.3. The summed E-state index contributed by atoms with van der Waals surface area (Å²) in [6.07, 6.45) is 0.944. The summed E-state index contributed by atoms with van der Waals surface area (Å²) in [5, 5.41) is 3.00. The molecule has 1 N–H and O–H groups in total. The van der Waals surface area contributed by atoms with Crippen LogP contribution in [0.4, 0.5) is 0 Å². The van der Waals surface area contributed by atoms with Crippen molar-refractivity contribution in [3.8, 4) is 0 Å². The lowest BCUT2D eigenvalue weighted by atomic mass is 10.1. The van der Waals surface area contributed by atoms with Crippen LogP contribution in [0.2, 0.25) is 0 Å². The van der Waals surface area contributed by atoms with Crippen LogP contribution in [-0.4, -0.2) is 30.9 Å². The molecule has 0 bridgehead atoms. The van der Waals surface area contributed by atoms with Crippen molar-refractivity contribution in [2.45, 2.75) is 26.8 Å². The Hall–Kier alpha value is -2.13. The number of rotatable bonds is 7. The van der Waals surface area contributed by atoms with E-state index in [1.165, 1.54) is 11.1 Å². The fourth-order valence-electron chi connectivity index (χ4n) is 2.51. The van der Waals surface area contributed by atoms with Crippen LogP contribution in [0.5, 0.6) is 0 Å². The van der Waals surface area contributed by atoms with E-state index in [0.29, 0.717) is 6.54 Å². The number of carbonyl (C=O) groups is 1. The summed E-state index contributed by atoms with van der Waals surface area (Å²) in [7, 11) is 2.11. The van der Waals surface area contributed by atoms with Gasteiger partial charge in [-0.05, 0) is 62.7 Å². The van der Waals surface area contributed by atoms with E-state index < -0.39 is 0 Å². The Morgan fingerprint density at radius 2 is 1.78 bits per heavy atom. The summed E-state index contributed by atoms with van der Waals surface area (Å²) in [6, 6.07) is 16.3. The molecule has 0 atom stereocenters. The maximum absolute atomic E-state index is 12.1. The van der Waals surface area contributed by atoms with E-state index in [2.05, 4.69) is 48.5 Å². The Morgan fingerprint density at radius 1 is 1.04 bits per heavy atom. The molecular weight excluding hydrogens is 284 g/mol. The predicted molar refractivity (Wildman–Crippen MR) is 95.6 cm³/mol. The highest BCUT2D eigenvalue weighted by Gasteiger charge is 2.06. The van der Waals surface area contributed by atoms with Crippen LogP contribution in [0, 0.1) is 13.8 Å². The molecule has 0 spiro atoms. The van der Waals surface area contributed by atoms with Crippen LogP contribution in [0.1, 0.15) is 33.5 Å². The van der Waals surface area contributed by atoms with E-state index in [0.717, 1.165) is 30.6 Å². The minimum atomic E-state index is 0.0128. The zero-order chi connectivity index (χ0) is 16.7. The molecule has 23 heavy (non-hydrogen) atoms. The van der Waals surface area contributed by atoms with Crippen LogP contribution < -0.4 is 5.32 Å². The smallest absolute Gasteiger partial charge is 0.251 e. The molecule has 0 unspecified atom stereocenters. The number of hydrogen-bond donors (Lipinski definition) is 1. The molecule has 0 saturated heterocycles. The minimum absolute atomic E-state index is 0.0128. The summed E-state index contributed by atoms with van der Waals surface area (Å²) >= 11 is 0. The van der Waals surface area contributed by atoms with E-state index in [9.17, 15) is 4.79 Å². The third-order valence-corrected chi connectivity index (χ3v) is 4.07. The standard InChI is InChI=1S/C20H26N2O/c1-16-10-11-19(14-17(16)2)20(23)21-12-7-13-22(3)15-18-8-5-4-6-9-18/h4-6,8-11,14H,7,12-13,15H2,1-3H3,(H,21,23). The van der Waals surface area contributed by atoms with Crippen LogP contribution >= 0.6 is 0 Å². The zero-order valence-electron chi connectivity index (χ0n) is 14.3. The van der Waals surface area contributed by atoms with Crippen molar-refractivity contribution in [2.75, 3.05) is 20.1 Å².